The van der Waals surface area contributed by atoms with Gasteiger partial charge in [-0.15, -0.1) is 0 Å². The Kier molecular flexibility index (Phi) is 10.4. The van der Waals surface area contributed by atoms with Crippen LogP contribution in [0.25, 0.3) is 33.2 Å². The minimum atomic E-state index is -4.50. The minimum Gasteiger partial charge on any atom is -0.468 e. The van der Waals surface area contributed by atoms with E-state index in [4.69, 9.17) is 4.42 Å². The maximum absolute atomic E-state index is 14.6. The number of benzene rings is 7. The van der Waals surface area contributed by atoms with Crippen LogP contribution in [0.2, 0.25) is 0 Å². The Balaban J connectivity index is 1.20. The number of anilines is 6. The monoisotopic (exact) mass is 1010 g/mol. The molecule has 0 bridgehead atoms. The van der Waals surface area contributed by atoms with Crippen LogP contribution in [0.4, 0.5) is 47.3 Å². The normalized spacial score (nSPS) is 19.8. The van der Waals surface area contributed by atoms with E-state index in [0.717, 1.165) is 111 Å². The zero-order valence-electron chi connectivity index (χ0n) is 46.5. The van der Waals surface area contributed by atoms with Crippen LogP contribution in [0.5, 0.6) is 0 Å². The van der Waals surface area contributed by atoms with Gasteiger partial charge in [0.15, 0.2) is 0 Å². The molecule has 2 aliphatic heterocycles. The summed E-state index contributed by atoms with van der Waals surface area (Å²) in [6.45, 7) is 28.3. The quantitative estimate of drug-likeness (QED) is 0.164. The first-order valence-electron chi connectivity index (χ1n) is 27.8. The molecule has 0 unspecified atom stereocenters. The maximum Gasteiger partial charge on any atom is 0.416 e. The number of halogens is 3. The van der Waals surface area contributed by atoms with Gasteiger partial charge in [-0.1, -0.05) is 150 Å². The average Bonchev–Trinajstić information content (AvgIpc) is 3.85. The Bertz CT molecular complexity index is 3720. The van der Waals surface area contributed by atoms with Gasteiger partial charge in [0.05, 0.1) is 16.9 Å². The van der Waals surface area contributed by atoms with Crippen LogP contribution >= 0.6 is 0 Å². The summed E-state index contributed by atoms with van der Waals surface area (Å²) in [5.74, 6) is 0. The summed E-state index contributed by atoms with van der Waals surface area (Å²) in [4.78, 5) is 4.81. The van der Waals surface area contributed by atoms with E-state index < -0.39 is 11.7 Å². The van der Waals surface area contributed by atoms with Crippen LogP contribution in [0.15, 0.2) is 138 Å². The Morgan fingerprint density at radius 1 is 0.434 bits per heavy atom. The highest BCUT2D eigenvalue weighted by Crippen LogP contribution is 2.56. The number of furan rings is 1. The van der Waals surface area contributed by atoms with E-state index in [1.807, 2.05) is 0 Å². The molecule has 0 saturated carbocycles. The third-order valence-corrected chi connectivity index (χ3v) is 19.5. The molecule has 5 aliphatic rings. The van der Waals surface area contributed by atoms with Crippen molar-refractivity contribution in [3.8, 4) is 22.3 Å². The summed E-state index contributed by atoms with van der Waals surface area (Å²) in [6, 6.07) is 46.8. The molecule has 3 aliphatic carbocycles. The number of rotatable bonds is 4. The first-order chi connectivity index (χ1) is 35.8. The van der Waals surface area contributed by atoms with Gasteiger partial charge in [-0.2, -0.15) is 13.2 Å². The molecule has 0 atom stereocenters. The lowest BCUT2D eigenvalue weighted by molar-refractivity contribution is -0.137. The molecule has 7 aromatic carbocycles. The maximum atomic E-state index is 14.6. The fourth-order valence-electron chi connectivity index (χ4n) is 14.4. The van der Waals surface area contributed by atoms with Gasteiger partial charge < -0.3 is 14.2 Å². The number of hydrogen-bond acceptors (Lipinski definition) is 3. The summed E-state index contributed by atoms with van der Waals surface area (Å²) in [5.41, 5.74) is 21.0. The van der Waals surface area contributed by atoms with Gasteiger partial charge in [-0.3, -0.25) is 0 Å². The van der Waals surface area contributed by atoms with Crippen LogP contribution in [-0.2, 0) is 38.7 Å². The smallest absolute Gasteiger partial charge is 0.416 e. The standard InChI is InChI=1S/C69H70BF3N2O/c1-63(2)28-29-64(3,4)50-36-45(26-27-49(50)63)74-56-39-53-52(66(7,8)31-32-67(53,9)10)38-55(56)70-60-57(74)34-42(47-21-17-16-20-46(47)41-18-14-13-15-19-41)35-58(60)75(44-24-22-43(23-25-44)69(71,72)73)61-48-37-51-54(40-59(48)76-62(61)70)68(11,12)33-30-65(51,5)6/h13-27,34-40H,28-33H2,1-12H3. The van der Waals surface area contributed by atoms with E-state index in [0.29, 0.717) is 5.69 Å². The lowest BCUT2D eigenvalue weighted by Crippen LogP contribution is -2.61. The van der Waals surface area contributed by atoms with Crippen molar-refractivity contribution in [3.05, 3.63) is 172 Å². The fourth-order valence-corrected chi connectivity index (χ4v) is 14.4. The van der Waals surface area contributed by atoms with Crippen molar-refractivity contribution in [2.24, 2.45) is 0 Å². The molecular weight excluding hydrogens is 941 g/mol. The van der Waals surface area contributed by atoms with Crippen LogP contribution in [0, 0.1) is 0 Å². The molecule has 3 heterocycles. The molecule has 0 saturated heterocycles. The molecule has 1 aromatic heterocycles. The zero-order valence-corrected chi connectivity index (χ0v) is 46.5. The van der Waals surface area contributed by atoms with Gasteiger partial charge in [-0.05, 0) is 204 Å². The fraction of sp³-hybridized carbons (Fsp3) is 0.362. The van der Waals surface area contributed by atoms with E-state index in [1.165, 1.54) is 51.0 Å². The van der Waals surface area contributed by atoms with E-state index in [9.17, 15) is 13.2 Å². The van der Waals surface area contributed by atoms with Crippen LogP contribution in [0.3, 0.4) is 0 Å². The van der Waals surface area contributed by atoms with Gasteiger partial charge >= 0.3 is 6.18 Å². The number of nitrogens with zero attached hydrogens (tertiary/aromatic N) is 2. The second kappa shape index (κ2) is 16.1. The van der Waals surface area contributed by atoms with Crippen molar-refractivity contribution < 1.29 is 17.6 Å². The molecule has 7 heteroatoms. The van der Waals surface area contributed by atoms with E-state index >= 15 is 0 Å². The van der Waals surface area contributed by atoms with Gasteiger partial charge in [-0.25, -0.2) is 0 Å². The predicted molar refractivity (Wildman–Crippen MR) is 312 cm³/mol. The largest absolute Gasteiger partial charge is 0.468 e. The summed E-state index contributed by atoms with van der Waals surface area (Å²) >= 11 is 0. The third kappa shape index (κ3) is 7.29. The Morgan fingerprint density at radius 3 is 1.49 bits per heavy atom. The lowest BCUT2D eigenvalue weighted by Gasteiger charge is -2.47. The molecular formula is C69H70BF3N2O. The highest BCUT2D eigenvalue weighted by atomic mass is 19.4. The molecule has 0 radical (unpaired) electrons. The predicted octanol–water partition coefficient (Wildman–Crippen LogP) is 17.9. The SMILES string of the molecule is CC1(C)CCC(C)(C)c2cc(N3c4cc5c(cc4B4c6oc7cc8c(cc7c6N(c6ccc(C(F)(F)F)cc6)c6cc(-c7ccccc7-c7ccccc7)cc3c64)C(C)(C)CCC8(C)C)C(C)(C)CCC5(C)C)ccc21. The molecule has 3 nitrogen and oxygen atoms in total. The molecule has 386 valence electrons. The van der Waals surface area contributed by atoms with Crippen molar-refractivity contribution in [2.75, 3.05) is 9.80 Å². The number of fused-ring (bicyclic) bond motifs is 9. The topological polar surface area (TPSA) is 19.6 Å². The van der Waals surface area contributed by atoms with Gasteiger partial charge in [0.2, 0.25) is 0 Å². The van der Waals surface area contributed by atoms with E-state index in [2.05, 4.69) is 202 Å². The van der Waals surface area contributed by atoms with Gasteiger partial charge in [0, 0.05) is 33.8 Å². The van der Waals surface area contributed by atoms with Crippen molar-refractivity contribution in [2.45, 2.75) is 160 Å². The Labute approximate surface area is 448 Å². The average molecular weight is 1010 g/mol. The molecule has 8 aromatic rings. The first kappa shape index (κ1) is 49.1. The minimum absolute atomic E-state index is 0.0205. The van der Waals surface area contributed by atoms with Crippen LogP contribution in [-0.4, -0.2) is 6.71 Å². The lowest BCUT2D eigenvalue weighted by atomic mass is 9.35. The molecule has 0 amide bonds. The zero-order chi connectivity index (χ0) is 53.4. The number of hydrogen-bond donors (Lipinski definition) is 0. The Hall–Kier alpha value is -6.47. The molecule has 0 N–H and O–H groups in total. The van der Waals surface area contributed by atoms with E-state index in [-0.39, 0.29) is 39.2 Å². The Morgan fingerprint density at radius 2 is 0.908 bits per heavy atom. The summed E-state index contributed by atoms with van der Waals surface area (Å²) in [6.07, 6.45) is 1.94. The summed E-state index contributed by atoms with van der Waals surface area (Å²) < 4.78 is 51.4. The molecule has 0 fully saturated rings. The van der Waals surface area contributed by atoms with E-state index in [1.54, 1.807) is 12.1 Å². The van der Waals surface area contributed by atoms with Crippen LogP contribution in [0.1, 0.15) is 161 Å². The highest BCUT2D eigenvalue weighted by molar-refractivity contribution is 7.00. The second-order valence-corrected chi connectivity index (χ2v) is 27.2. The van der Waals surface area contributed by atoms with Crippen LogP contribution < -0.4 is 26.4 Å². The number of alkyl halides is 3. The van der Waals surface area contributed by atoms with Crippen molar-refractivity contribution >= 4 is 68.4 Å². The third-order valence-electron chi connectivity index (χ3n) is 19.5. The van der Waals surface area contributed by atoms with Gasteiger partial charge in [0.25, 0.3) is 6.71 Å². The molecule has 13 rings (SSSR count). The van der Waals surface area contributed by atoms with Crippen molar-refractivity contribution in [1.29, 1.82) is 0 Å². The summed E-state index contributed by atoms with van der Waals surface area (Å²) in [5, 5.41) is 0.977. The van der Waals surface area contributed by atoms with Crippen molar-refractivity contribution in [1.82, 2.24) is 0 Å². The molecule has 76 heavy (non-hydrogen) atoms. The first-order valence-corrected chi connectivity index (χ1v) is 27.8. The molecule has 0 spiro atoms. The van der Waals surface area contributed by atoms with Crippen molar-refractivity contribution in [3.63, 3.8) is 0 Å². The summed E-state index contributed by atoms with van der Waals surface area (Å²) in [7, 11) is 0. The highest BCUT2D eigenvalue weighted by Gasteiger charge is 2.51. The second-order valence-electron chi connectivity index (χ2n) is 27.2. The van der Waals surface area contributed by atoms with Gasteiger partial charge in [0.1, 0.15) is 5.58 Å².